The number of alkyl halides is 3. The van der Waals surface area contributed by atoms with Gasteiger partial charge in [0, 0.05) is 44.8 Å². The zero-order valence-corrected chi connectivity index (χ0v) is 27.6. The number of aromatic nitrogens is 5. The van der Waals surface area contributed by atoms with Crippen LogP contribution in [-0.4, -0.2) is 85.0 Å². The van der Waals surface area contributed by atoms with Gasteiger partial charge in [0.05, 0.1) is 55.6 Å². The van der Waals surface area contributed by atoms with Crippen molar-refractivity contribution in [2.75, 3.05) is 63.9 Å². The number of benzene rings is 1. The summed E-state index contributed by atoms with van der Waals surface area (Å²) in [6.07, 6.45) is 3.24. The number of rotatable bonds is 11. The van der Waals surface area contributed by atoms with Crippen molar-refractivity contribution >= 4 is 28.6 Å². The summed E-state index contributed by atoms with van der Waals surface area (Å²) in [7, 11) is 4.88. The van der Waals surface area contributed by atoms with E-state index in [1.54, 1.807) is 31.6 Å². The normalized spacial score (nSPS) is 16.5. The lowest BCUT2D eigenvalue weighted by Crippen LogP contribution is -2.44. The first-order chi connectivity index (χ1) is 23.0. The summed E-state index contributed by atoms with van der Waals surface area (Å²) < 4.78 is 57.6. The third-order valence-electron chi connectivity index (χ3n) is 9.41. The van der Waals surface area contributed by atoms with Gasteiger partial charge in [-0.25, -0.2) is 19.9 Å². The summed E-state index contributed by atoms with van der Waals surface area (Å²) in [5, 5.41) is 0. The van der Waals surface area contributed by atoms with Gasteiger partial charge < -0.3 is 29.0 Å². The zero-order valence-electron chi connectivity index (χ0n) is 27.6. The average molecular weight is 668 g/mol. The van der Waals surface area contributed by atoms with E-state index in [9.17, 15) is 18.0 Å². The molecule has 6 rings (SSSR count). The fraction of sp³-hybridized carbons (Fsp3) is 0.500. The van der Waals surface area contributed by atoms with Crippen LogP contribution in [0.2, 0.25) is 0 Å². The van der Waals surface area contributed by atoms with E-state index in [1.165, 1.54) is 13.2 Å². The number of H-pyrrole nitrogens is 1. The lowest BCUT2D eigenvalue weighted by molar-refractivity contribution is -0.148. The summed E-state index contributed by atoms with van der Waals surface area (Å²) in [5.74, 6) is 0.607. The highest BCUT2D eigenvalue weighted by Gasteiger charge is 2.39. The van der Waals surface area contributed by atoms with Gasteiger partial charge in [0.25, 0.3) is 0 Å². The van der Waals surface area contributed by atoms with Crippen LogP contribution in [0.1, 0.15) is 44.6 Å². The maximum atomic E-state index is 13.9. The highest BCUT2D eigenvalue weighted by atomic mass is 19.4. The molecule has 1 saturated carbocycles. The molecule has 0 spiro atoms. The van der Waals surface area contributed by atoms with Crippen LogP contribution in [0.25, 0.3) is 33.9 Å². The average Bonchev–Trinajstić information content (AvgIpc) is 3.51. The first-order valence-corrected chi connectivity index (χ1v) is 16.1. The second-order valence-corrected chi connectivity index (χ2v) is 12.6. The van der Waals surface area contributed by atoms with Crippen molar-refractivity contribution in [2.45, 2.75) is 45.2 Å². The van der Waals surface area contributed by atoms with Crippen molar-refractivity contribution in [2.24, 2.45) is 11.3 Å². The van der Waals surface area contributed by atoms with Crippen molar-refractivity contribution in [3.05, 3.63) is 42.2 Å². The predicted octanol–water partition coefficient (Wildman–Crippen LogP) is 6.14. The Balaban J connectivity index is 1.33. The molecule has 3 aromatic heterocycles. The van der Waals surface area contributed by atoms with Crippen LogP contribution in [0.5, 0.6) is 5.75 Å². The van der Waals surface area contributed by atoms with Gasteiger partial charge in [0.15, 0.2) is 11.5 Å². The molecule has 256 valence electrons. The fourth-order valence-electron chi connectivity index (χ4n) is 6.76. The maximum Gasteiger partial charge on any atom is 0.419 e. The number of hydrogen-bond acceptors (Lipinski definition) is 10. The first kappa shape index (κ1) is 33.4. The second-order valence-electron chi connectivity index (χ2n) is 12.6. The molecule has 4 aromatic rings. The van der Waals surface area contributed by atoms with Gasteiger partial charge in [-0.15, -0.1) is 0 Å². The molecule has 0 amide bonds. The number of ether oxygens (including phenoxy) is 3. The molecular weight excluding hydrogens is 627 g/mol. The Morgan fingerprint density at radius 2 is 1.85 bits per heavy atom. The maximum absolute atomic E-state index is 13.9. The lowest BCUT2D eigenvalue weighted by atomic mass is 9.69. The smallest absolute Gasteiger partial charge is 0.419 e. The number of piperidine rings is 1. The number of carbonyl (C=O) groups excluding carboxylic acids is 1. The van der Waals surface area contributed by atoms with E-state index >= 15 is 0 Å². The topological polar surface area (TPSA) is 119 Å². The molecule has 1 aromatic carbocycles. The molecule has 1 saturated heterocycles. The molecule has 1 N–H and O–H groups in total. The van der Waals surface area contributed by atoms with Gasteiger partial charge in [0.2, 0.25) is 0 Å². The summed E-state index contributed by atoms with van der Waals surface area (Å²) in [6.45, 7) is 4.81. The molecule has 14 heteroatoms. The number of hydrogen-bond donors (Lipinski definition) is 1. The largest absolute Gasteiger partial charge is 0.496 e. The predicted molar refractivity (Wildman–Crippen MR) is 175 cm³/mol. The van der Waals surface area contributed by atoms with Crippen LogP contribution in [0.4, 0.5) is 24.7 Å². The number of fused-ring (bicyclic) bond motifs is 1. The van der Waals surface area contributed by atoms with Crippen molar-refractivity contribution in [3.8, 4) is 28.5 Å². The van der Waals surface area contributed by atoms with E-state index in [2.05, 4.69) is 24.8 Å². The minimum Gasteiger partial charge on any atom is -0.496 e. The zero-order chi connectivity index (χ0) is 34.1. The highest BCUT2D eigenvalue weighted by molar-refractivity contribution is 5.91. The van der Waals surface area contributed by atoms with Crippen LogP contribution in [0.3, 0.4) is 0 Å². The molecule has 0 atom stereocenters. The first-order valence-electron chi connectivity index (χ1n) is 16.1. The van der Waals surface area contributed by atoms with Gasteiger partial charge in [-0.1, -0.05) is 6.42 Å². The molecular formula is C34H40F3N7O4. The Labute approximate surface area is 276 Å². The third kappa shape index (κ3) is 6.75. The number of nitrogens with zero attached hydrogens (tertiary/aromatic N) is 6. The van der Waals surface area contributed by atoms with Crippen molar-refractivity contribution < 1.29 is 32.2 Å². The highest BCUT2D eigenvalue weighted by Crippen LogP contribution is 2.44. The molecule has 1 aliphatic heterocycles. The summed E-state index contributed by atoms with van der Waals surface area (Å²) in [4.78, 5) is 38.4. The van der Waals surface area contributed by atoms with Crippen molar-refractivity contribution in [3.63, 3.8) is 0 Å². The standard InChI is InChI=1S/C34H40F3N7O4/c1-5-48-32(45)21-9-13-44(14-10-21)28-18-38-25(17-39-28)30-41-29-26(43(2)19-33(20-46-3)11-6-12-33)16-24(40-31(29)42-30)22-7-8-27(47-4)23(15-22)34(35,36)37/h7-8,15-18,21H,5-6,9-14,19-20H2,1-4H3,(H,40,41,42). The number of anilines is 2. The van der Waals surface area contributed by atoms with E-state index < -0.39 is 11.7 Å². The summed E-state index contributed by atoms with van der Waals surface area (Å²) >= 11 is 0. The second kappa shape index (κ2) is 13.6. The molecule has 48 heavy (non-hydrogen) atoms. The van der Waals surface area contributed by atoms with Crippen molar-refractivity contribution in [1.82, 2.24) is 24.9 Å². The van der Waals surface area contributed by atoms with E-state index in [-0.39, 0.29) is 28.6 Å². The third-order valence-corrected chi connectivity index (χ3v) is 9.41. The van der Waals surface area contributed by atoms with E-state index in [1.807, 2.05) is 14.0 Å². The van der Waals surface area contributed by atoms with Crippen LogP contribution < -0.4 is 14.5 Å². The van der Waals surface area contributed by atoms with Gasteiger partial charge in [0.1, 0.15) is 22.8 Å². The molecule has 2 fully saturated rings. The number of imidazole rings is 1. The van der Waals surface area contributed by atoms with Crippen LogP contribution in [0, 0.1) is 11.3 Å². The number of aromatic amines is 1. The van der Waals surface area contributed by atoms with Gasteiger partial charge in [-0.2, -0.15) is 13.2 Å². The lowest BCUT2D eigenvalue weighted by Gasteiger charge is -2.44. The number of esters is 1. The minimum absolute atomic E-state index is 0.0161. The van der Waals surface area contributed by atoms with Gasteiger partial charge >= 0.3 is 12.1 Å². The molecule has 2 aliphatic rings. The number of pyridine rings is 1. The SMILES string of the molecule is CCOC(=O)C1CCN(c2cnc(-c3nc4nc(-c5ccc(OC)c(C(F)(F)F)c5)cc(N(C)CC5(COC)CCC5)c4[nH]3)cn2)CC1. The van der Waals surface area contributed by atoms with Crippen molar-refractivity contribution in [1.29, 1.82) is 0 Å². The Morgan fingerprint density at radius 1 is 1.08 bits per heavy atom. The van der Waals surface area contributed by atoms with Gasteiger partial charge in [-0.3, -0.25) is 4.79 Å². The van der Waals surface area contributed by atoms with Crippen LogP contribution in [-0.2, 0) is 20.4 Å². The Bertz CT molecular complexity index is 1750. The Kier molecular flexibility index (Phi) is 9.46. The number of nitrogens with one attached hydrogen (secondary N) is 1. The molecule has 4 heterocycles. The molecule has 0 radical (unpaired) electrons. The molecule has 1 aliphatic carbocycles. The van der Waals surface area contributed by atoms with Crippen LogP contribution >= 0.6 is 0 Å². The monoisotopic (exact) mass is 667 g/mol. The van der Waals surface area contributed by atoms with E-state index in [0.29, 0.717) is 79.9 Å². The quantitative estimate of drug-likeness (QED) is 0.187. The summed E-state index contributed by atoms with van der Waals surface area (Å²) in [5.41, 5.74) is 1.96. The molecule has 0 bridgehead atoms. The Morgan fingerprint density at radius 3 is 2.46 bits per heavy atom. The number of methoxy groups -OCH3 is 2. The Hall–Kier alpha value is -4.46. The number of carbonyl (C=O) groups is 1. The van der Waals surface area contributed by atoms with E-state index in [0.717, 1.165) is 31.0 Å². The molecule has 11 nitrogen and oxygen atoms in total. The fourth-order valence-corrected chi connectivity index (χ4v) is 6.76. The number of halogens is 3. The minimum atomic E-state index is -4.61. The van der Waals surface area contributed by atoms with E-state index in [4.69, 9.17) is 24.2 Å². The van der Waals surface area contributed by atoms with Crippen LogP contribution in [0.15, 0.2) is 36.7 Å². The molecule has 0 unspecified atom stereocenters. The van der Waals surface area contributed by atoms with Gasteiger partial charge in [-0.05, 0) is 56.9 Å². The summed E-state index contributed by atoms with van der Waals surface area (Å²) in [6, 6.07) is 5.72.